The number of hydrogen-bond acceptors (Lipinski definition) is 3. The summed E-state index contributed by atoms with van der Waals surface area (Å²) in [5, 5.41) is 9.41. The molecule has 1 saturated heterocycles. The third-order valence-electron chi connectivity index (χ3n) is 3.09. The van der Waals surface area contributed by atoms with E-state index in [0.717, 1.165) is 4.90 Å². The molecule has 1 amide bonds. The summed E-state index contributed by atoms with van der Waals surface area (Å²) in [7, 11) is 0. The van der Waals surface area contributed by atoms with Crippen molar-refractivity contribution >= 4 is 18.3 Å². The fraction of sp³-hybridized carbons (Fsp3) is 0.900. The van der Waals surface area contributed by atoms with E-state index in [1.807, 2.05) is 0 Å². The van der Waals surface area contributed by atoms with E-state index in [4.69, 9.17) is 5.73 Å². The number of carbonyl (C=O) groups excluding carboxylic acids is 1. The van der Waals surface area contributed by atoms with Gasteiger partial charge in [-0.3, -0.25) is 4.79 Å². The van der Waals surface area contributed by atoms with Gasteiger partial charge in [-0.25, -0.2) is 0 Å². The summed E-state index contributed by atoms with van der Waals surface area (Å²) >= 11 is 0. The molecule has 1 heterocycles. The molecule has 2 atom stereocenters. The van der Waals surface area contributed by atoms with Gasteiger partial charge in [0.15, 0.2) is 5.60 Å². The Morgan fingerprint density at radius 2 is 1.94 bits per heavy atom. The predicted octanol–water partition coefficient (Wildman–Crippen LogP) is 0.917. The Morgan fingerprint density at radius 3 is 2.28 bits per heavy atom. The molecule has 18 heavy (non-hydrogen) atoms. The van der Waals surface area contributed by atoms with Crippen molar-refractivity contribution in [3.8, 4) is 0 Å². The number of likely N-dealkylation sites (tertiary alicyclic amines) is 1. The lowest BCUT2D eigenvalue weighted by Crippen LogP contribution is -2.51. The van der Waals surface area contributed by atoms with Gasteiger partial charge in [-0.2, -0.15) is 13.2 Å². The van der Waals surface area contributed by atoms with Crippen LogP contribution in [0.15, 0.2) is 0 Å². The molecule has 0 aliphatic carbocycles. The number of nitrogens with zero attached hydrogens (tertiary/aromatic N) is 1. The Hall–Kier alpha value is -0.530. The Balaban J connectivity index is 0.00000289. The molecule has 108 valence electrons. The van der Waals surface area contributed by atoms with Gasteiger partial charge in [0.05, 0.1) is 12.6 Å². The number of carbonyl (C=O) groups is 1. The van der Waals surface area contributed by atoms with E-state index in [-0.39, 0.29) is 24.9 Å². The topological polar surface area (TPSA) is 66.6 Å². The summed E-state index contributed by atoms with van der Waals surface area (Å²) in [6.07, 6.45) is -5.21. The first-order chi connectivity index (χ1) is 7.58. The van der Waals surface area contributed by atoms with Gasteiger partial charge in [0.1, 0.15) is 0 Å². The van der Waals surface area contributed by atoms with Crippen LogP contribution in [-0.2, 0) is 4.79 Å². The quantitative estimate of drug-likeness (QED) is 0.795. The molecule has 1 fully saturated rings. The third-order valence-corrected chi connectivity index (χ3v) is 3.09. The highest BCUT2D eigenvalue weighted by Crippen LogP contribution is 2.37. The highest BCUT2D eigenvalue weighted by atomic mass is 35.5. The Morgan fingerprint density at radius 1 is 1.44 bits per heavy atom. The normalized spacial score (nSPS) is 26.1. The van der Waals surface area contributed by atoms with Crippen LogP contribution in [0.3, 0.4) is 0 Å². The zero-order valence-electron chi connectivity index (χ0n) is 10.2. The minimum Gasteiger partial charge on any atom is -0.379 e. The van der Waals surface area contributed by atoms with Gasteiger partial charge in [0, 0.05) is 13.0 Å². The number of nitrogens with two attached hydrogens (primary N) is 1. The molecule has 0 aromatic rings. The first kappa shape index (κ1) is 17.5. The average molecular weight is 291 g/mol. The Kier molecular flexibility index (Phi) is 5.46. The summed E-state index contributed by atoms with van der Waals surface area (Å²) in [6.45, 7) is 2.59. The largest absolute Gasteiger partial charge is 0.419 e. The van der Waals surface area contributed by atoms with Crippen LogP contribution in [0.25, 0.3) is 0 Å². The highest BCUT2D eigenvalue weighted by Gasteiger charge is 2.58. The second kappa shape index (κ2) is 5.63. The molecule has 0 aromatic carbocycles. The number of amides is 1. The number of alkyl halides is 3. The van der Waals surface area contributed by atoms with Crippen LogP contribution >= 0.6 is 12.4 Å². The standard InChI is InChI=1S/C10H17F3N2O2.ClH/c1-6(2)7(14)8(16)15-4-3-9(17,5-15)10(11,12)13;/h6-7,17H,3-5,14H2,1-2H3;1H/t7-,9?;/m1./s1. The summed E-state index contributed by atoms with van der Waals surface area (Å²) in [6, 6.07) is -0.828. The van der Waals surface area contributed by atoms with Gasteiger partial charge >= 0.3 is 6.18 Å². The van der Waals surface area contributed by atoms with E-state index in [9.17, 15) is 23.1 Å². The number of halogens is 4. The first-order valence-corrected chi connectivity index (χ1v) is 5.42. The van der Waals surface area contributed by atoms with E-state index in [0.29, 0.717) is 0 Å². The smallest absolute Gasteiger partial charge is 0.379 e. The summed E-state index contributed by atoms with van der Waals surface area (Å²) in [5.41, 5.74) is 2.79. The van der Waals surface area contributed by atoms with Crippen molar-refractivity contribution in [2.45, 2.75) is 38.1 Å². The van der Waals surface area contributed by atoms with Gasteiger partial charge in [-0.05, 0) is 5.92 Å². The molecule has 0 bridgehead atoms. The Bertz CT molecular complexity index is 312. The number of hydrogen-bond donors (Lipinski definition) is 2. The average Bonchev–Trinajstić information content (AvgIpc) is 2.59. The van der Waals surface area contributed by atoms with Crippen LogP contribution in [0.4, 0.5) is 13.2 Å². The first-order valence-electron chi connectivity index (χ1n) is 5.42. The predicted molar refractivity (Wildman–Crippen MR) is 62.3 cm³/mol. The molecule has 0 radical (unpaired) electrons. The summed E-state index contributed by atoms with van der Waals surface area (Å²) in [5.74, 6) is -0.692. The van der Waals surface area contributed by atoms with Crippen LogP contribution in [0.1, 0.15) is 20.3 Å². The number of β-amino-alcohol motifs (C(OH)–C–C–N with tert-alkyl or cyclic N) is 1. The molecule has 1 rings (SSSR count). The lowest BCUT2D eigenvalue weighted by atomic mass is 10.0. The van der Waals surface area contributed by atoms with E-state index < -0.39 is 36.7 Å². The van der Waals surface area contributed by atoms with Crippen LogP contribution in [0, 0.1) is 5.92 Å². The second-order valence-electron chi connectivity index (χ2n) is 4.81. The van der Waals surface area contributed by atoms with Gasteiger partial charge in [-0.1, -0.05) is 13.8 Å². The molecule has 8 heteroatoms. The summed E-state index contributed by atoms with van der Waals surface area (Å²) < 4.78 is 37.6. The highest BCUT2D eigenvalue weighted by molar-refractivity contribution is 5.85. The lowest BCUT2D eigenvalue weighted by Gasteiger charge is -2.27. The fourth-order valence-corrected chi connectivity index (χ4v) is 1.71. The maximum atomic E-state index is 12.5. The van der Waals surface area contributed by atoms with Crippen molar-refractivity contribution in [1.29, 1.82) is 0 Å². The van der Waals surface area contributed by atoms with E-state index in [1.54, 1.807) is 13.8 Å². The molecule has 0 aromatic heterocycles. The zero-order chi connectivity index (χ0) is 13.4. The SMILES string of the molecule is CC(C)[C@@H](N)C(=O)N1CCC(O)(C(F)(F)F)C1.Cl. The van der Waals surface area contributed by atoms with E-state index >= 15 is 0 Å². The van der Waals surface area contributed by atoms with Crippen LogP contribution in [0.5, 0.6) is 0 Å². The molecule has 1 aliphatic heterocycles. The minimum absolute atomic E-state index is 0. The van der Waals surface area contributed by atoms with Crippen LogP contribution in [-0.4, -0.2) is 46.8 Å². The maximum Gasteiger partial charge on any atom is 0.419 e. The summed E-state index contributed by atoms with van der Waals surface area (Å²) in [4.78, 5) is 12.7. The monoisotopic (exact) mass is 290 g/mol. The molecule has 3 N–H and O–H groups in total. The van der Waals surface area contributed by atoms with Crippen molar-refractivity contribution in [2.24, 2.45) is 11.7 Å². The van der Waals surface area contributed by atoms with Gasteiger partial charge in [-0.15, -0.1) is 12.4 Å². The van der Waals surface area contributed by atoms with Gasteiger partial charge < -0.3 is 15.7 Å². The molecule has 0 spiro atoms. The molecule has 0 saturated carbocycles. The second-order valence-corrected chi connectivity index (χ2v) is 4.81. The van der Waals surface area contributed by atoms with Crippen molar-refractivity contribution in [3.05, 3.63) is 0 Å². The van der Waals surface area contributed by atoms with E-state index in [1.165, 1.54) is 0 Å². The molecular weight excluding hydrogens is 273 g/mol. The van der Waals surface area contributed by atoms with Crippen molar-refractivity contribution < 1.29 is 23.1 Å². The fourth-order valence-electron chi connectivity index (χ4n) is 1.71. The number of aliphatic hydroxyl groups is 1. The third kappa shape index (κ3) is 3.27. The maximum absolute atomic E-state index is 12.5. The Labute approximate surface area is 110 Å². The van der Waals surface area contributed by atoms with Gasteiger partial charge in [0.25, 0.3) is 0 Å². The van der Waals surface area contributed by atoms with Crippen LogP contribution < -0.4 is 5.73 Å². The zero-order valence-corrected chi connectivity index (χ0v) is 11.0. The molecule has 1 unspecified atom stereocenters. The van der Waals surface area contributed by atoms with E-state index in [2.05, 4.69) is 0 Å². The molecule has 4 nitrogen and oxygen atoms in total. The van der Waals surface area contributed by atoms with Crippen LogP contribution in [0.2, 0.25) is 0 Å². The van der Waals surface area contributed by atoms with Crippen molar-refractivity contribution in [2.75, 3.05) is 13.1 Å². The minimum atomic E-state index is -4.72. The number of rotatable bonds is 2. The van der Waals surface area contributed by atoms with Crippen molar-refractivity contribution in [3.63, 3.8) is 0 Å². The molecule has 1 aliphatic rings. The lowest BCUT2D eigenvalue weighted by molar-refractivity contribution is -0.253. The molecular formula is C10H18ClF3N2O2. The van der Waals surface area contributed by atoms with Gasteiger partial charge in [0.2, 0.25) is 5.91 Å². The van der Waals surface area contributed by atoms with Crippen molar-refractivity contribution in [1.82, 2.24) is 4.90 Å².